The highest BCUT2D eigenvalue weighted by Crippen LogP contribution is 2.35. The zero-order valence-electron chi connectivity index (χ0n) is 20.2. The standard InChI is InChI=1S/C29H34N4O2/c34-33(35)28-17-16-26(32-20-18-31(19-21-32)25-14-8-3-9-15-25)22-27(28)30-29(23-10-4-1-5-11-23)24-12-6-2-7-13-24/h1-2,4-7,10-13,16-17,22,25,29-30H,3,8-9,14-15,18-21H2. The van der Waals surface area contributed by atoms with Gasteiger partial charge in [-0.05, 0) is 36.1 Å². The Morgan fingerprint density at radius 3 is 1.97 bits per heavy atom. The minimum atomic E-state index is -0.291. The minimum absolute atomic E-state index is 0.103. The molecule has 0 bridgehead atoms. The number of anilines is 2. The van der Waals surface area contributed by atoms with Crippen LogP contribution in [-0.4, -0.2) is 42.0 Å². The molecule has 182 valence electrons. The molecule has 2 fully saturated rings. The monoisotopic (exact) mass is 470 g/mol. The molecule has 0 amide bonds. The molecule has 6 nitrogen and oxygen atoms in total. The zero-order chi connectivity index (χ0) is 24.0. The van der Waals surface area contributed by atoms with Crippen molar-refractivity contribution in [2.24, 2.45) is 0 Å². The second-order valence-corrected chi connectivity index (χ2v) is 9.67. The van der Waals surface area contributed by atoms with E-state index in [9.17, 15) is 10.1 Å². The average molecular weight is 471 g/mol. The Labute approximate surface area is 207 Å². The van der Waals surface area contributed by atoms with Crippen LogP contribution >= 0.6 is 0 Å². The maximum atomic E-state index is 11.9. The van der Waals surface area contributed by atoms with Crippen molar-refractivity contribution in [1.82, 2.24) is 4.90 Å². The first-order valence-corrected chi connectivity index (χ1v) is 12.8. The van der Waals surface area contributed by atoms with E-state index in [0.717, 1.165) is 49.0 Å². The lowest BCUT2D eigenvalue weighted by molar-refractivity contribution is -0.384. The fourth-order valence-corrected chi connectivity index (χ4v) is 5.59. The summed E-state index contributed by atoms with van der Waals surface area (Å²) in [6.07, 6.45) is 6.73. The first-order valence-electron chi connectivity index (χ1n) is 12.8. The maximum absolute atomic E-state index is 11.9. The molecule has 2 aliphatic rings. The molecular weight excluding hydrogens is 436 g/mol. The zero-order valence-corrected chi connectivity index (χ0v) is 20.2. The molecule has 0 radical (unpaired) electrons. The van der Waals surface area contributed by atoms with Crippen molar-refractivity contribution in [3.8, 4) is 0 Å². The van der Waals surface area contributed by atoms with Crippen LogP contribution in [0.5, 0.6) is 0 Å². The largest absolute Gasteiger partial charge is 0.369 e. The van der Waals surface area contributed by atoms with Gasteiger partial charge in [0.25, 0.3) is 5.69 Å². The smallest absolute Gasteiger partial charge is 0.292 e. The van der Waals surface area contributed by atoms with Gasteiger partial charge in [-0.15, -0.1) is 0 Å². The normalized spacial score (nSPS) is 17.5. The summed E-state index contributed by atoms with van der Waals surface area (Å²) >= 11 is 0. The van der Waals surface area contributed by atoms with Crippen molar-refractivity contribution in [2.75, 3.05) is 36.4 Å². The summed E-state index contributed by atoms with van der Waals surface area (Å²) < 4.78 is 0. The topological polar surface area (TPSA) is 61.7 Å². The molecule has 1 N–H and O–H groups in total. The number of nitro groups is 1. The van der Waals surface area contributed by atoms with Crippen molar-refractivity contribution in [3.05, 3.63) is 100 Å². The van der Waals surface area contributed by atoms with Crippen LogP contribution in [0.1, 0.15) is 49.3 Å². The van der Waals surface area contributed by atoms with E-state index in [0.29, 0.717) is 5.69 Å². The van der Waals surface area contributed by atoms with Crippen LogP contribution in [0.15, 0.2) is 78.9 Å². The quantitative estimate of drug-likeness (QED) is 0.327. The van der Waals surface area contributed by atoms with Gasteiger partial charge < -0.3 is 10.2 Å². The first kappa shape index (κ1) is 23.4. The molecule has 0 aromatic heterocycles. The van der Waals surface area contributed by atoms with Gasteiger partial charge in [0.05, 0.1) is 11.0 Å². The number of piperazine rings is 1. The van der Waals surface area contributed by atoms with E-state index in [1.807, 2.05) is 48.5 Å². The highest BCUT2D eigenvalue weighted by molar-refractivity contribution is 5.70. The second-order valence-electron chi connectivity index (χ2n) is 9.67. The van der Waals surface area contributed by atoms with Crippen molar-refractivity contribution in [2.45, 2.75) is 44.2 Å². The third-order valence-corrected chi connectivity index (χ3v) is 7.51. The SMILES string of the molecule is O=[N+]([O-])c1ccc(N2CCN(C3CCCCC3)CC2)cc1NC(c1ccccc1)c1ccccc1. The van der Waals surface area contributed by atoms with Crippen molar-refractivity contribution in [3.63, 3.8) is 0 Å². The van der Waals surface area contributed by atoms with Gasteiger partial charge in [-0.25, -0.2) is 0 Å². The molecule has 1 aliphatic heterocycles. The summed E-state index contributed by atoms with van der Waals surface area (Å²) in [5.41, 5.74) is 3.84. The summed E-state index contributed by atoms with van der Waals surface area (Å²) in [5.74, 6) is 0. The Balaban J connectivity index is 1.39. The van der Waals surface area contributed by atoms with E-state index in [-0.39, 0.29) is 16.7 Å². The van der Waals surface area contributed by atoms with Gasteiger partial charge in [0.1, 0.15) is 5.69 Å². The molecule has 0 spiro atoms. The molecule has 6 heteroatoms. The van der Waals surface area contributed by atoms with Gasteiger partial charge in [0.2, 0.25) is 0 Å². The van der Waals surface area contributed by atoms with E-state index in [1.54, 1.807) is 6.07 Å². The predicted molar refractivity (Wildman–Crippen MR) is 142 cm³/mol. The molecule has 0 unspecified atom stereocenters. The molecular formula is C29H34N4O2. The van der Waals surface area contributed by atoms with Crippen LogP contribution in [-0.2, 0) is 0 Å². The number of nitrogens with zero attached hydrogens (tertiary/aromatic N) is 3. The summed E-state index contributed by atoms with van der Waals surface area (Å²) in [7, 11) is 0. The van der Waals surface area contributed by atoms with Crippen molar-refractivity contribution < 1.29 is 4.92 Å². The van der Waals surface area contributed by atoms with Crippen molar-refractivity contribution in [1.29, 1.82) is 0 Å². The van der Waals surface area contributed by atoms with Crippen LogP contribution < -0.4 is 10.2 Å². The fraction of sp³-hybridized carbons (Fsp3) is 0.379. The molecule has 1 saturated carbocycles. The second kappa shape index (κ2) is 10.9. The molecule has 0 atom stereocenters. The molecule has 5 rings (SSSR count). The summed E-state index contributed by atoms with van der Waals surface area (Å²) in [6.45, 7) is 4.02. The van der Waals surface area contributed by atoms with E-state index < -0.39 is 0 Å². The number of rotatable bonds is 7. The number of hydrogen-bond acceptors (Lipinski definition) is 5. The molecule has 3 aromatic carbocycles. The molecule has 1 heterocycles. The lowest BCUT2D eigenvalue weighted by Crippen LogP contribution is -2.50. The van der Waals surface area contributed by atoms with Gasteiger partial charge >= 0.3 is 0 Å². The van der Waals surface area contributed by atoms with E-state index in [4.69, 9.17) is 0 Å². The van der Waals surface area contributed by atoms with Gasteiger partial charge in [-0.3, -0.25) is 15.0 Å². The molecule has 1 aliphatic carbocycles. The Kier molecular flexibility index (Phi) is 7.28. The minimum Gasteiger partial charge on any atom is -0.369 e. The van der Waals surface area contributed by atoms with Gasteiger partial charge in [-0.2, -0.15) is 0 Å². The molecule has 35 heavy (non-hydrogen) atoms. The van der Waals surface area contributed by atoms with Crippen LogP contribution in [0.4, 0.5) is 17.1 Å². The number of hydrogen-bond donors (Lipinski definition) is 1. The van der Waals surface area contributed by atoms with Gasteiger partial charge in [0, 0.05) is 44.0 Å². The Hall–Kier alpha value is -3.38. The Bertz CT molecular complexity index is 1070. The van der Waals surface area contributed by atoms with E-state index in [2.05, 4.69) is 39.4 Å². The van der Waals surface area contributed by atoms with Crippen LogP contribution in [0.2, 0.25) is 0 Å². The third-order valence-electron chi connectivity index (χ3n) is 7.51. The molecule has 1 saturated heterocycles. The highest BCUT2D eigenvalue weighted by atomic mass is 16.6. The third kappa shape index (κ3) is 5.49. The lowest BCUT2D eigenvalue weighted by Gasteiger charge is -2.41. The Morgan fingerprint density at radius 2 is 1.40 bits per heavy atom. The van der Waals surface area contributed by atoms with Gasteiger partial charge in [0.15, 0.2) is 0 Å². The average Bonchev–Trinajstić information content (AvgIpc) is 2.93. The van der Waals surface area contributed by atoms with E-state index >= 15 is 0 Å². The molecule has 3 aromatic rings. The number of benzene rings is 3. The summed E-state index contributed by atoms with van der Waals surface area (Å²) in [5, 5.41) is 15.4. The Morgan fingerprint density at radius 1 is 0.800 bits per heavy atom. The summed E-state index contributed by atoms with van der Waals surface area (Å²) in [6, 6.07) is 26.3. The lowest BCUT2D eigenvalue weighted by atomic mass is 9.94. The van der Waals surface area contributed by atoms with E-state index in [1.165, 1.54) is 32.1 Å². The van der Waals surface area contributed by atoms with Crippen LogP contribution in [0.3, 0.4) is 0 Å². The maximum Gasteiger partial charge on any atom is 0.292 e. The van der Waals surface area contributed by atoms with Crippen molar-refractivity contribution >= 4 is 17.1 Å². The van der Waals surface area contributed by atoms with Crippen LogP contribution in [0, 0.1) is 10.1 Å². The van der Waals surface area contributed by atoms with Gasteiger partial charge in [-0.1, -0.05) is 79.9 Å². The predicted octanol–water partition coefficient (Wildman–Crippen LogP) is 6.25. The number of nitro benzene ring substituents is 1. The summed E-state index contributed by atoms with van der Waals surface area (Å²) in [4.78, 5) is 16.7. The first-order chi connectivity index (χ1) is 17.2. The fourth-order valence-electron chi connectivity index (χ4n) is 5.59. The highest BCUT2D eigenvalue weighted by Gasteiger charge is 2.27. The number of nitrogens with one attached hydrogen (secondary N) is 1. The van der Waals surface area contributed by atoms with Crippen LogP contribution in [0.25, 0.3) is 0 Å².